The maximum atomic E-state index is 13.3. The number of anilines is 1. The number of amides is 1. The lowest BCUT2D eigenvalue weighted by atomic mass is 10.2. The number of carbonyl (C=O) groups excluding carboxylic acids is 1. The van der Waals surface area contributed by atoms with E-state index in [-0.39, 0.29) is 10.6 Å². The maximum absolute atomic E-state index is 13.3. The van der Waals surface area contributed by atoms with Gasteiger partial charge in [-0.1, -0.05) is 53.5 Å². The molecule has 0 unspecified atom stereocenters. The predicted molar refractivity (Wildman–Crippen MR) is 126 cm³/mol. The Balaban J connectivity index is 1.85. The second kappa shape index (κ2) is 10.5. The summed E-state index contributed by atoms with van der Waals surface area (Å²) in [5.41, 5.74) is 3.14. The smallest absolute Gasteiger partial charge is 0.264 e. The van der Waals surface area contributed by atoms with Crippen molar-refractivity contribution in [2.24, 2.45) is 5.10 Å². The molecule has 0 bridgehead atoms. The van der Waals surface area contributed by atoms with E-state index >= 15 is 0 Å². The van der Waals surface area contributed by atoms with Crippen LogP contribution in [0.3, 0.4) is 0 Å². The van der Waals surface area contributed by atoms with Crippen LogP contribution in [0, 0.1) is 0 Å². The number of carbonyl (C=O) groups is 1. The first-order valence-corrected chi connectivity index (χ1v) is 11.5. The molecule has 7 nitrogen and oxygen atoms in total. The largest absolute Gasteiger partial charge is 0.497 e. The monoisotopic (exact) mass is 491 g/mol. The highest BCUT2D eigenvalue weighted by Crippen LogP contribution is 2.26. The molecule has 166 valence electrons. The minimum Gasteiger partial charge on any atom is -0.497 e. The molecule has 0 fully saturated rings. The van der Waals surface area contributed by atoms with E-state index in [1.54, 1.807) is 54.6 Å². The van der Waals surface area contributed by atoms with Crippen molar-refractivity contribution in [2.75, 3.05) is 18.0 Å². The first-order valence-electron chi connectivity index (χ1n) is 9.30. The zero-order valence-electron chi connectivity index (χ0n) is 16.9. The topological polar surface area (TPSA) is 88.1 Å². The molecular weight excluding hydrogens is 473 g/mol. The Hall–Kier alpha value is -3.07. The third-order valence-corrected chi connectivity index (χ3v) is 6.67. The Morgan fingerprint density at radius 2 is 1.81 bits per heavy atom. The van der Waals surface area contributed by atoms with Crippen LogP contribution < -0.4 is 14.5 Å². The molecule has 0 radical (unpaired) electrons. The van der Waals surface area contributed by atoms with Gasteiger partial charge in [0, 0.05) is 16.7 Å². The summed E-state index contributed by atoms with van der Waals surface area (Å²) in [6.45, 7) is -0.504. The number of hydrogen-bond acceptors (Lipinski definition) is 5. The van der Waals surface area contributed by atoms with E-state index in [9.17, 15) is 13.2 Å². The lowest BCUT2D eigenvalue weighted by molar-refractivity contribution is -0.119. The standard InChI is InChI=1S/C22H19Cl2N3O4S/c1-31-19-7-5-6-18(13-19)27(32(29,30)20-8-3-2-4-9-20)15-22(28)26-25-14-16-10-11-17(23)12-21(16)24/h2-14H,15H2,1H3,(H,26,28)/b25-14-. The molecule has 10 heteroatoms. The number of hydrogen-bond donors (Lipinski definition) is 1. The van der Waals surface area contributed by atoms with Crippen LogP contribution in [0.25, 0.3) is 0 Å². The number of halogens is 2. The molecule has 3 aromatic carbocycles. The Bertz CT molecular complexity index is 1230. The Morgan fingerprint density at radius 1 is 1.06 bits per heavy atom. The predicted octanol–water partition coefficient (Wildman–Crippen LogP) is 4.35. The fourth-order valence-corrected chi connectivity index (χ4v) is 4.64. The minimum atomic E-state index is -4.03. The van der Waals surface area contributed by atoms with Crippen molar-refractivity contribution in [3.05, 3.63) is 88.4 Å². The van der Waals surface area contributed by atoms with Crippen LogP contribution in [0.2, 0.25) is 10.0 Å². The molecule has 0 saturated heterocycles. The molecule has 3 rings (SSSR count). The number of benzene rings is 3. The summed E-state index contributed by atoms with van der Waals surface area (Å²) in [5, 5.41) is 4.70. The lowest BCUT2D eigenvalue weighted by Crippen LogP contribution is -2.39. The van der Waals surface area contributed by atoms with Gasteiger partial charge in [0.15, 0.2) is 0 Å². The van der Waals surface area contributed by atoms with Gasteiger partial charge in [0.2, 0.25) is 0 Å². The van der Waals surface area contributed by atoms with Gasteiger partial charge in [0.25, 0.3) is 15.9 Å². The fourth-order valence-electron chi connectivity index (χ4n) is 2.75. The van der Waals surface area contributed by atoms with E-state index in [0.717, 1.165) is 4.31 Å². The van der Waals surface area contributed by atoms with E-state index in [1.807, 2.05) is 0 Å². The summed E-state index contributed by atoms with van der Waals surface area (Å²) in [6.07, 6.45) is 1.35. The van der Waals surface area contributed by atoms with Gasteiger partial charge < -0.3 is 4.74 Å². The first kappa shape index (κ1) is 23.6. The number of ether oxygens (including phenoxy) is 1. The maximum Gasteiger partial charge on any atom is 0.264 e. The second-order valence-electron chi connectivity index (χ2n) is 6.49. The van der Waals surface area contributed by atoms with Gasteiger partial charge in [-0.05, 0) is 36.4 Å². The molecule has 0 heterocycles. The van der Waals surface area contributed by atoms with E-state index < -0.39 is 22.5 Å². The first-order chi connectivity index (χ1) is 15.3. The molecule has 0 spiro atoms. The van der Waals surface area contributed by atoms with Crippen LogP contribution in [-0.4, -0.2) is 34.2 Å². The molecule has 1 amide bonds. The zero-order chi connectivity index (χ0) is 23.1. The van der Waals surface area contributed by atoms with E-state index in [0.29, 0.717) is 21.4 Å². The van der Waals surface area contributed by atoms with Crippen molar-refractivity contribution in [3.8, 4) is 5.75 Å². The zero-order valence-corrected chi connectivity index (χ0v) is 19.2. The fraction of sp³-hybridized carbons (Fsp3) is 0.0909. The summed E-state index contributed by atoms with van der Waals surface area (Å²) in [4.78, 5) is 12.6. The van der Waals surface area contributed by atoms with Crippen molar-refractivity contribution in [2.45, 2.75) is 4.90 Å². The Morgan fingerprint density at radius 3 is 2.50 bits per heavy atom. The van der Waals surface area contributed by atoms with Crippen LogP contribution >= 0.6 is 23.2 Å². The number of rotatable bonds is 8. The van der Waals surface area contributed by atoms with Crippen molar-refractivity contribution < 1.29 is 17.9 Å². The molecule has 1 N–H and O–H groups in total. The minimum absolute atomic E-state index is 0.0482. The number of sulfonamides is 1. The molecule has 0 aliphatic carbocycles. The number of nitrogens with zero attached hydrogens (tertiary/aromatic N) is 2. The van der Waals surface area contributed by atoms with E-state index in [1.165, 1.54) is 31.5 Å². The van der Waals surface area contributed by atoms with Crippen LogP contribution in [0.15, 0.2) is 82.8 Å². The molecular formula is C22H19Cl2N3O4S. The Labute approximate surface area is 196 Å². The van der Waals surface area contributed by atoms with Gasteiger partial charge in [0.05, 0.1) is 28.9 Å². The normalized spacial score (nSPS) is 11.3. The lowest BCUT2D eigenvalue weighted by Gasteiger charge is -2.24. The van der Waals surface area contributed by atoms with Gasteiger partial charge in [-0.15, -0.1) is 0 Å². The van der Waals surface area contributed by atoms with Crippen molar-refractivity contribution in [1.29, 1.82) is 0 Å². The van der Waals surface area contributed by atoms with Crippen molar-refractivity contribution in [3.63, 3.8) is 0 Å². The summed E-state index contributed by atoms with van der Waals surface area (Å²) < 4.78 is 32.7. The second-order valence-corrected chi connectivity index (χ2v) is 9.19. The molecule has 0 saturated carbocycles. The summed E-state index contributed by atoms with van der Waals surface area (Å²) in [5.74, 6) is -0.194. The molecule has 3 aromatic rings. The van der Waals surface area contributed by atoms with Crippen LogP contribution in [0.4, 0.5) is 5.69 Å². The summed E-state index contributed by atoms with van der Waals surface area (Å²) in [7, 11) is -2.56. The van der Waals surface area contributed by atoms with Crippen LogP contribution in [0.1, 0.15) is 5.56 Å². The number of methoxy groups -OCH3 is 1. The highest BCUT2D eigenvalue weighted by Gasteiger charge is 2.27. The Kier molecular flexibility index (Phi) is 7.74. The van der Waals surface area contributed by atoms with E-state index in [4.69, 9.17) is 27.9 Å². The molecule has 0 aromatic heterocycles. The van der Waals surface area contributed by atoms with Crippen LogP contribution in [0.5, 0.6) is 5.75 Å². The van der Waals surface area contributed by atoms with Gasteiger partial charge >= 0.3 is 0 Å². The van der Waals surface area contributed by atoms with Crippen molar-refractivity contribution >= 4 is 51.0 Å². The molecule has 32 heavy (non-hydrogen) atoms. The van der Waals surface area contributed by atoms with E-state index in [2.05, 4.69) is 10.5 Å². The third-order valence-electron chi connectivity index (χ3n) is 4.32. The highest BCUT2D eigenvalue weighted by molar-refractivity contribution is 7.92. The SMILES string of the molecule is COc1cccc(N(CC(=O)N/N=C\c2ccc(Cl)cc2Cl)S(=O)(=O)c2ccccc2)c1. The summed E-state index contributed by atoms with van der Waals surface area (Å²) >= 11 is 11.9. The average molecular weight is 492 g/mol. The quantitative estimate of drug-likeness (QED) is 0.374. The molecule has 0 aliphatic heterocycles. The molecule has 0 aliphatic rings. The van der Waals surface area contributed by atoms with Crippen molar-refractivity contribution in [1.82, 2.24) is 5.43 Å². The van der Waals surface area contributed by atoms with Gasteiger partial charge in [-0.25, -0.2) is 13.8 Å². The summed E-state index contributed by atoms with van der Waals surface area (Å²) in [6, 6.07) is 19.1. The number of hydrazone groups is 1. The van der Waals surface area contributed by atoms with Crippen LogP contribution in [-0.2, 0) is 14.8 Å². The number of nitrogens with one attached hydrogen (secondary N) is 1. The third kappa shape index (κ3) is 5.79. The van der Waals surface area contributed by atoms with Gasteiger partial charge in [-0.3, -0.25) is 9.10 Å². The van der Waals surface area contributed by atoms with Gasteiger partial charge in [0.1, 0.15) is 12.3 Å². The average Bonchev–Trinajstić information content (AvgIpc) is 2.79. The van der Waals surface area contributed by atoms with Gasteiger partial charge in [-0.2, -0.15) is 5.10 Å². The molecule has 0 atom stereocenters. The highest BCUT2D eigenvalue weighted by atomic mass is 35.5.